The highest BCUT2D eigenvalue weighted by Crippen LogP contribution is 2.19. The van der Waals surface area contributed by atoms with Crippen molar-refractivity contribution in [3.05, 3.63) is 34.9 Å². The zero-order valence-corrected chi connectivity index (χ0v) is 11.3. The van der Waals surface area contributed by atoms with Crippen molar-refractivity contribution in [2.24, 2.45) is 4.99 Å². The van der Waals surface area contributed by atoms with Crippen molar-refractivity contribution in [3.63, 3.8) is 0 Å². The molecule has 124 valence electrons. The summed E-state index contributed by atoms with van der Waals surface area (Å²) in [6, 6.07) is 0.0601. The summed E-state index contributed by atoms with van der Waals surface area (Å²) in [7, 11) is 1.21. The summed E-state index contributed by atoms with van der Waals surface area (Å²) in [6.07, 6.45) is -5.53. The van der Waals surface area contributed by atoms with Gasteiger partial charge in [-0.25, -0.2) is 17.6 Å². The fraction of sp³-hybridized carbons (Fsp3) is 0.417. The molecule has 0 aliphatic rings. The first-order valence-corrected chi connectivity index (χ1v) is 5.99. The van der Waals surface area contributed by atoms with Crippen molar-refractivity contribution in [3.8, 4) is 0 Å². The van der Waals surface area contributed by atoms with Crippen LogP contribution >= 0.6 is 0 Å². The normalized spacial score (nSPS) is 12.5. The molecule has 0 unspecified atom stereocenters. The van der Waals surface area contributed by atoms with E-state index in [0.717, 1.165) is 0 Å². The third kappa shape index (κ3) is 5.08. The summed E-state index contributed by atoms with van der Waals surface area (Å²) < 4.78 is 88.6. The fourth-order valence-corrected chi connectivity index (χ4v) is 1.49. The summed E-state index contributed by atoms with van der Waals surface area (Å²) in [6.45, 7) is -1.22. The monoisotopic (exact) mass is 331 g/mol. The minimum atomic E-state index is -4.38. The maximum atomic E-state index is 13.4. The van der Waals surface area contributed by atoms with E-state index in [1.54, 1.807) is 0 Å². The van der Waals surface area contributed by atoms with Crippen molar-refractivity contribution in [1.29, 1.82) is 0 Å². The van der Waals surface area contributed by atoms with E-state index in [1.165, 1.54) is 7.05 Å². The van der Waals surface area contributed by atoms with E-state index in [9.17, 15) is 30.7 Å². The topological polar surface area (TPSA) is 36.4 Å². The van der Waals surface area contributed by atoms with Gasteiger partial charge in [0, 0.05) is 31.8 Å². The van der Waals surface area contributed by atoms with Gasteiger partial charge in [-0.2, -0.15) is 13.2 Å². The first-order valence-electron chi connectivity index (χ1n) is 5.99. The zero-order chi connectivity index (χ0) is 16.9. The number of hydrogen-bond donors (Lipinski definition) is 2. The quantitative estimate of drug-likeness (QED) is 0.385. The Balaban J connectivity index is 2.69. The number of nitrogens with one attached hydrogen (secondary N) is 2. The second-order valence-electron chi connectivity index (χ2n) is 4.16. The lowest BCUT2D eigenvalue weighted by molar-refractivity contribution is -0.132. The number of alkyl halides is 3. The molecular weight excluding hydrogens is 319 g/mol. The number of benzene rings is 1. The van der Waals surface area contributed by atoms with Crippen molar-refractivity contribution in [2.75, 3.05) is 13.6 Å². The standard InChI is InChI=1S/C12H12F7N3/c1-20-11(21-3-2-12(17,18)19)22-5-6-9(15)7(13)4-8(14)10(6)16/h4H,2-3,5H2,1H3,(H2,20,21,22). The van der Waals surface area contributed by atoms with Gasteiger partial charge >= 0.3 is 6.18 Å². The van der Waals surface area contributed by atoms with Crippen LogP contribution in [-0.4, -0.2) is 25.7 Å². The Morgan fingerprint density at radius 3 is 2.05 bits per heavy atom. The van der Waals surface area contributed by atoms with Crippen molar-refractivity contribution >= 4 is 5.96 Å². The van der Waals surface area contributed by atoms with Gasteiger partial charge < -0.3 is 10.6 Å². The SMILES string of the molecule is CN=C(NCCC(F)(F)F)NCc1c(F)c(F)cc(F)c1F. The van der Waals surface area contributed by atoms with Gasteiger partial charge in [0.25, 0.3) is 0 Å². The predicted molar refractivity (Wildman–Crippen MR) is 65.1 cm³/mol. The molecule has 0 aromatic heterocycles. The Morgan fingerprint density at radius 1 is 1.05 bits per heavy atom. The van der Waals surface area contributed by atoms with E-state index in [-0.39, 0.29) is 12.0 Å². The minimum Gasteiger partial charge on any atom is -0.356 e. The lowest BCUT2D eigenvalue weighted by Crippen LogP contribution is -2.38. The van der Waals surface area contributed by atoms with Crippen LogP contribution in [0.5, 0.6) is 0 Å². The number of rotatable bonds is 4. The molecule has 10 heteroatoms. The van der Waals surface area contributed by atoms with Gasteiger partial charge in [-0.3, -0.25) is 4.99 Å². The lowest BCUT2D eigenvalue weighted by atomic mass is 10.2. The smallest absolute Gasteiger partial charge is 0.356 e. The van der Waals surface area contributed by atoms with Gasteiger partial charge in [0.05, 0.1) is 6.42 Å². The van der Waals surface area contributed by atoms with Crippen LogP contribution in [0.25, 0.3) is 0 Å². The van der Waals surface area contributed by atoms with Crippen LogP contribution in [0.1, 0.15) is 12.0 Å². The maximum Gasteiger partial charge on any atom is 0.390 e. The Labute approximate surface area is 121 Å². The molecule has 1 aromatic carbocycles. The third-order valence-electron chi connectivity index (χ3n) is 2.56. The van der Waals surface area contributed by atoms with Crippen LogP contribution in [0, 0.1) is 23.3 Å². The first kappa shape index (κ1) is 18.1. The summed E-state index contributed by atoms with van der Waals surface area (Å²) in [5.41, 5.74) is -0.920. The molecule has 0 radical (unpaired) electrons. The Hall–Kier alpha value is -2.00. The third-order valence-corrected chi connectivity index (χ3v) is 2.56. The van der Waals surface area contributed by atoms with Crippen LogP contribution in [0.15, 0.2) is 11.1 Å². The number of hydrogen-bond acceptors (Lipinski definition) is 1. The van der Waals surface area contributed by atoms with Gasteiger partial charge in [-0.1, -0.05) is 0 Å². The van der Waals surface area contributed by atoms with Gasteiger partial charge in [0.1, 0.15) is 0 Å². The molecule has 0 heterocycles. The Kier molecular flexibility index (Phi) is 6.01. The second-order valence-corrected chi connectivity index (χ2v) is 4.16. The minimum absolute atomic E-state index is 0.0601. The molecule has 22 heavy (non-hydrogen) atoms. The molecule has 0 bridgehead atoms. The van der Waals surface area contributed by atoms with Crippen molar-refractivity contribution in [2.45, 2.75) is 19.1 Å². The molecule has 0 saturated heterocycles. The number of nitrogens with zero attached hydrogens (tertiary/aromatic N) is 1. The molecule has 2 N–H and O–H groups in total. The molecular formula is C12H12F7N3. The molecule has 0 amide bonds. The summed E-state index contributed by atoms with van der Waals surface area (Å²) in [4.78, 5) is 3.52. The van der Waals surface area contributed by atoms with E-state index < -0.39 is 54.5 Å². The average molecular weight is 331 g/mol. The van der Waals surface area contributed by atoms with Crippen LogP contribution < -0.4 is 10.6 Å². The molecule has 3 nitrogen and oxygen atoms in total. The van der Waals surface area contributed by atoms with Gasteiger partial charge in [-0.15, -0.1) is 0 Å². The Morgan fingerprint density at radius 2 is 1.59 bits per heavy atom. The van der Waals surface area contributed by atoms with Crippen molar-refractivity contribution in [1.82, 2.24) is 10.6 Å². The molecule has 0 saturated carbocycles. The van der Waals surface area contributed by atoms with E-state index in [1.807, 2.05) is 0 Å². The summed E-state index contributed by atoms with van der Waals surface area (Å²) in [5, 5.41) is 4.52. The molecule has 0 spiro atoms. The molecule has 0 aliphatic heterocycles. The fourth-order valence-electron chi connectivity index (χ4n) is 1.49. The Bertz CT molecular complexity index is 528. The van der Waals surface area contributed by atoms with Gasteiger partial charge in [-0.05, 0) is 0 Å². The highest BCUT2D eigenvalue weighted by Gasteiger charge is 2.26. The molecule has 1 rings (SSSR count). The lowest BCUT2D eigenvalue weighted by Gasteiger charge is -2.14. The number of halogens is 7. The van der Waals surface area contributed by atoms with E-state index in [2.05, 4.69) is 15.6 Å². The predicted octanol–water partition coefficient (Wildman–Crippen LogP) is 2.86. The van der Waals surface area contributed by atoms with Crippen molar-refractivity contribution < 1.29 is 30.7 Å². The molecule has 0 aliphatic carbocycles. The summed E-state index contributed by atoms with van der Waals surface area (Å²) in [5.74, 6) is -6.52. The van der Waals surface area contributed by atoms with Crippen LogP contribution in [0.3, 0.4) is 0 Å². The van der Waals surface area contributed by atoms with E-state index in [4.69, 9.17) is 0 Å². The van der Waals surface area contributed by atoms with E-state index >= 15 is 0 Å². The van der Waals surface area contributed by atoms with E-state index in [0.29, 0.717) is 0 Å². The van der Waals surface area contributed by atoms with Crippen LogP contribution in [0.4, 0.5) is 30.7 Å². The number of guanidine groups is 1. The van der Waals surface area contributed by atoms with Crippen LogP contribution in [-0.2, 0) is 6.54 Å². The molecule has 0 fully saturated rings. The highest BCUT2D eigenvalue weighted by atomic mass is 19.4. The maximum absolute atomic E-state index is 13.4. The number of aliphatic imine (C=N–C) groups is 1. The van der Waals surface area contributed by atoms with Gasteiger partial charge in [0.2, 0.25) is 0 Å². The molecule has 1 aromatic rings. The summed E-state index contributed by atoms with van der Waals surface area (Å²) >= 11 is 0. The molecule has 0 atom stereocenters. The van der Waals surface area contributed by atoms with Crippen LogP contribution in [0.2, 0.25) is 0 Å². The first-order chi connectivity index (χ1) is 10.2. The van der Waals surface area contributed by atoms with Gasteiger partial charge in [0.15, 0.2) is 29.2 Å². The highest BCUT2D eigenvalue weighted by molar-refractivity contribution is 5.79. The average Bonchev–Trinajstić information content (AvgIpc) is 2.42. The zero-order valence-electron chi connectivity index (χ0n) is 11.3. The second kappa shape index (κ2) is 7.32. The largest absolute Gasteiger partial charge is 0.390 e.